The van der Waals surface area contributed by atoms with Crippen LogP contribution in [0.5, 0.6) is 0 Å². The van der Waals surface area contributed by atoms with E-state index in [0.717, 1.165) is 25.9 Å². The van der Waals surface area contributed by atoms with Crippen LogP contribution in [0.25, 0.3) is 0 Å². The van der Waals surface area contributed by atoms with Gasteiger partial charge in [0.05, 0.1) is 5.54 Å². The highest BCUT2D eigenvalue weighted by atomic mass is 16.2. The molecule has 122 valence electrons. The van der Waals surface area contributed by atoms with E-state index in [9.17, 15) is 4.79 Å². The number of amides is 1. The first-order valence-corrected chi connectivity index (χ1v) is 8.47. The summed E-state index contributed by atoms with van der Waals surface area (Å²) in [5, 5.41) is 7.96. The highest BCUT2D eigenvalue weighted by molar-refractivity contribution is 5.92. The van der Waals surface area contributed by atoms with Gasteiger partial charge in [0.15, 0.2) is 5.69 Å². The Kier molecular flexibility index (Phi) is 4.02. The molecule has 1 aromatic heterocycles. The number of hydrogen-bond donors (Lipinski definition) is 1. The molecule has 1 saturated heterocycles. The second-order valence-corrected chi connectivity index (χ2v) is 7.69. The average molecular weight is 304 g/mol. The van der Waals surface area contributed by atoms with Crippen LogP contribution in [-0.4, -0.2) is 46.8 Å². The van der Waals surface area contributed by atoms with Gasteiger partial charge in [-0.1, -0.05) is 0 Å². The zero-order valence-corrected chi connectivity index (χ0v) is 14.2. The molecule has 1 unspecified atom stereocenters. The molecular weight excluding hydrogens is 276 g/mol. The van der Waals surface area contributed by atoms with Gasteiger partial charge in [-0.15, -0.1) is 0 Å². The maximum Gasteiger partial charge on any atom is 0.274 e. The van der Waals surface area contributed by atoms with Gasteiger partial charge >= 0.3 is 0 Å². The molecule has 2 aliphatic rings. The lowest BCUT2D eigenvalue weighted by Gasteiger charge is -2.32. The summed E-state index contributed by atoms with van der Waals surface area (Å²) in [6, 6.07) is 2.44. The van der Waals surface area contributed by atoms with Crippen molar-refractivity contribution in [3.63, 3.8) is 0 Å². The molecule has 0 bridgehead atoms. The van der Waals surface area contributed by atoms with Gasteiger partial charge in [0.2, 0.25) is 0 Å². The zero-order chi connectivity index (χ0) is 15.9. The molecule has 1 N–H and O–H groups in total. The first-order chi connectivity index (χ1) is 10.4. The van der Waals surface area contributed by atoms with Gasteiger partial charge in [-0.3, -0.25) is 9.48 Å². The maximum absolute atomic E-state index is 12.8. The van der Waals surface area contributed by atoms with Crippen LogP contribution in [0.1, 0.15) is 68.6 Å². The first-order valence-electron chi connectivity index (χ1n) is 8.47. The van der Waals surface area contributed by atoms with E-state index in [1.165, 1.54) is 18.5 Å². The molecule has 2 fully saturated rings. The number of piperidine rings is 1. The van der Waals surface area contributed by atoms with Gasteiger partial charge in [0, 0.05) is 30.7 Å². The molecule has 5 heteroatoms. The number of likely N-dealkylation sites (tertiary alicyclic amines) is 1. The number of nitrogens with one attached hydrogen (secondary N) is 1. The summed E-state index contributed by atoms with van der Waals surface area (Å²) in [5.41, 5.74) is 1.78. The molecule has 22 heavy (non-hydrogen) atoms. The summed E-state index contributed by atoms with van der Waals surface area (Å²) < 4.78 is 2.07. The van der Waals surface area contributed by atoms with Crippen molar-refractivity contribution in [1.82, 2.24) is 20.0 Å². The molecular formula is C17H28N4O. The lowest BCUT2D eigenvalue weighted by atomic mass is 10.1. The predicted molar refractivity (Wildman–Crippen MR) is 87.2 cm³/mol. The molecule has 1 aromatic rings. The Bertz CT molecular complexity index is 553. The van der Waals surface area contributed by atoms with Gasteiger partial charge < -0.3 is 10.2 Å². The molecule has 0 aromatic carbocycles. The van der Waals surface area contributed by atoms with Crippen molar-refractivity contribution in [3.05, 3.63) is 17.5 Å². The normalized spacial score (nSPS) is 22.9. The number of aromatic nitrogens is 2. The Balaban J connectivity index is 1.83. The molecule has 3 rings (SSSR count). The van der Waals surface area contributed by atoms with Crippen LogP contribution in [0.15, 0.2) is 6.07 Å². The first kappa shape index (κ1) is 15.5. The SMILES string of the molecule is CNC1CCCN(C(=O)c2cc(C3CC3)n(C(C)(C)C)n2)C1. The fourth-order valence-corrected chi connectivity index (χ4v) is 3.27. The molecule has 2 heterocycles. The van der Waals surface area contributed by atoms with E-state index in [1.54, 1.807) is 0 Å². The highest BCUT2D eigenvalue weighted by Gasteiger charge is 2.34. The second kappa shape index (κ2) is 5.69. The third kappa shape index (κ3) is 3.05. The Labute approximate surface area is 133 Å². The van der Waals surface area contributed by atoms with Crippen molar-refractivity contribution in [1.29, 1.82) is 0 Å². The number of carbonyl (C=O) groups is 1. The monoisotopic (exact) mass is 304 g/mol. The van der Waals surface area contributed by atoms with Gasteiger partial charge in [-0.25, -0.2) is 0 Å². The number of nitrogens with zero attached hydrogens (tertiary/aromatic N) is 3. The lowest BCUT2D eigenvalue weighted by molar-refractivity contribution is 0.0690. The van der Waals surface area contributed by atoms with Gasteiger partial charge in [-0.2, -0.15) is 5.10 Å². The summed E-state index contributed by atoms with van der Waals surface area (Å²) in [4.78, 5) is 14.8. The van der Waals surface area contributed by atoms with E-state index in [2.05, 4.69) is 35.9 Å². The third-order valence-electron chi connectivity index (χ3n) is 4.70. The fourth-order valence-electron chi connectivity index (χ4n) is 3.27. The fraction of sp³-hybridized carbons (Fsp3) is 0.765. The van der Waals surface area contributed by atoms with Crippen molar-refractivity contribution in [2.45, 2.75) is 64.0 Å². The van der Waals surface area contributed by atoms with E-state index in [4.69, 9.17) is 0 Å². The van der Waals surface area contributed by atoms with Crippen molar-refractivity contribution in [2.24, 2.45) is 0 Å². The van der Waals surface area contributed by atoms with Crippen molar-refractivity contribution >= 4 is 5.91 Å². The maximum atomic E-state index is 12.8. The van der Waals surface area contributed by atoms with Crippen LogP contribution in [0.2, 0.25) is 0 Å². The van der Waals surface area contributed by atoms with Gasteiger partial charge in [-0.05, 0) is 59.6 Å². The summed E-state index contributed by atoms with van der Waals surface area (Å²) >= 11 is 0. The van der Waals surface area contributed by atoms with Crippen LogP contribution in [0.3, 0.4) is 0 Å². The summed E-state index contributed by atoms with van der Waals surface area (Å²) in [5.74, 6) is 0.685. The number of rotatable bonds is 3. The lowest BCUT2D eigenvalue weighted by Crippen LogP contribution is -2.47. The standard InChI is InChI=1S/C17H28N4O/c1-17(2,3)21-15(12-7-8-12)10-14(19-21)16(22)20-9-5-6-13(11-20)18-4/h10,12-13,18H,5-9,11H2,1-4H3. The van der Waals surface area contributed by atoms with E-state index in [-0.39, 0.29) is 11.4 Å². The number of hydrogen-bond acceptors (Lipinski definition) is 3. The minimum Gasteiger partial charge on any atom is -0.336 e. The molecule has 0 spiro atoms. The summed E-state index contributed by atoms with van der Waals surface area (Å²) in [7, 11) is 1.97. The molecule has 1 atom stereocenters. The topological polar surface area (TPSA) is 50.2 Å². The molecule has 1 aliphatic carbocycles. The molecule has 5 nitrogen and oxygen atoms in total. The molecule has 1 amide bonds. The minimum atomic E-state index is -0.0775. The van der Waals surface area contributed by atoms with Crippen molar-refractivity contribution in [2.75, 3.05) is 20.1 Å². The predicted octanol–water partition coefficient (Wildman–Crippen LogP) is 2.34. The second-order valence-electron chi connectivity index (χ2n) is 7.69. The Morgan fingerprint density at radius 2 is 2.05 bits per heavy atom. The number of carbonyl (C=O) groups excluding carboxylic acids is 1. The minimum absolute atomic E-state index is 0.0775. The van der Waals surface area contributed by atoms with Crippen LogP contribution < -0.4 is 5.32 Å². The Morgan fingerprint density at radius 1 is 1.32 bits per heavy atom. The van der Waals surface area contributed by atoms with Crippen LogP contribution >= 0.6 is 0 Å². The van der Waals surface area contributed by atoms with Gasteiger partial charge in [0.1, 0.15) is 0 Å². The molecule has 1 aliphatic heterocycles. The van der Waals surface area contributed by atoms with Gasteiger partial charge in [0.25, 0.3) is 5.91 Å². The van der Waals surface area contributed by atoms with Crippen molar-refractivity contribution < 1.29 is 4.79 Å². The molecule has 1 saturated carbocycles. The smallest absolute Gasteiger partial charge is 0.274 e. The summed E-state index contributed by atoms with van der Waals surface area (Å²) in [6.45, 7) is 8.09. The van der Waals surface area contributed by atoms with E-state index >= 15 is 0 Å². The number of likely N-dealkylation sites (N-methyl/N-ethyl adjacent to an activating group) is 1. The van der Waals surface area contributed by atoms with Crippen molar-refractivity contribution in [3.8, 4) is 0 Å². The Morgan fingerprint density at radius 3 is 2.64 bits per heavy atom. The van der Waals surface area contributed by atoms with Crippen LogP contribution in [-0.2, 0) is 5.54 Å². The zero-order valence-electron chi connectivity index (χ0n) is 14.2. The third-order valence-corrected chi connectivity index (χ3v) is 4.70. The summed E-state index contributed by atoms with van der Waals surface area (Å²) in [6.07, 6.45) is 4.65. The van der Waals surface area contributed by atoms with E-state index in [1.807, 2.05) is 18.0 Å². The largest absolute Gasteiger partial charge is 0.336 e. The molecule has 0 radical (unpaired) electrons. The quantitative estimate of drug-likeness (QED) is 0.932. The van der Waals surface area contributed by atoms with Crippen LogP contribution in [0, 0.1) is 0 Å². The van der Waals surface area contributed by atoms with E-state index in [0.29, 0.717) is 17.7 Å². The highest BCUT2D eigenvalue weighted by Crippen LogP contribution is 2.41. The van der Waals surface area contributed by atoms with Crippen LogP contribution in [0.4, 0.5) is 0 Å². The van der Waals surface area contributed by atoms with E-state index < -0.39 is 0 Å². The average Bonchev–Trinajstić information content (AvgIpc) is 3.23. The Hall–Kier alpha value is -1.36.